The highest BCUT2D eigenvalue weighted by Gasteiger charge is 2.31. The third-order valence-electron chi connectivity index (χ3n) is 4.44. The zero-order valence-corrected chi connectivity index (χ0v) is 17.3. The number of nitrogens with one attached hydrogen (secondary N) is 1. The summed E-state index contributed by atoms with van der Waals surface area (Å²) in [6.07, 6.45) is 0. The van der Waals surface area contributed by atoms with Crippen LogP contribution in [0.25, 0.3) is 11.3 Å². The van der Waals surface area contributed by atoms with E-state index >= 15 is 0 Å². The average molecular weight is 420 g/mol. The highest BCUT2D eigenvalue weighted by molar-refractivity contribution is 7.89. The molecule has 0 atom stereocenters. The number of amides is 3. The van der Waals surface area contributed by atoms with Gasteiger partial charge in [0.1, 0.15) is 5.69 Å². The SMILES string of the molecule is CC(C)(C)NC(=O)c1c(-c2cccc(S(N)(=O)=O)c2)nn2c1CN(C(N)=O)CC2. The van der Waals surface area contributed by atoms with Gasteiger partial charge < -0.3 is 16.0 Å². The van der Waals surface area contributed by atoms with Crippen molar-refractivity contribution in [2.24, 2.45) is 10.9 Å². The van der Waals surface area contributed by atoms with E-state index in [0.29, 0.717) is 30.0 Å². The lowest BCUT2D eigenvalue weighted by atomic mass is 10.0. The fourth-order valence-electron chi connectivity index (χ4n) is 3.17. The van der Waals surface area contributed by atoms with Crippen LogP contribution in [0, 0.1) is 0 Å². The molecular formula is C18H24N6O4S. The molecule has 10 nitrogen and oxygen atoms in total. The van der Waals surface area contributed by atoms with Crippen LogP contribution in [-0.4, -0.2) is 47.1 Å². The van der Waals surface area contributed by atoms with Crippen molar-refractivity contribution in [1.29, 1.82) is 0 Å². The number of carbonyl (C=O) groups is 2. The second kappa shape index (κ2) is 7.16. The molecule has 1 aliphatic rings. The van der Waals surface area contributed by atoms with E-state index in [0.717, 1.165) is 0 Å². The first-order valence-corrected chi connectivity index (χ1v) is 10.5. The molecule has 0 aliphatic carbocycles. The highest BCUT2D eigenvalue weighted by Crippen LogP contribution is 2.30. The predicted molar refractivity (Wildman–Crippen MR) is 106 cm³/mol. The van der Waals surface area contributed by atoms with Crippen molar-refractivity contribution in [2.45, 2.75) is 44.3 Å². The summed E-state index contributed by atoms with van der Waals surface area (Å²) in [5, 5.41) is 12.7. The Balaban J connectivity index is 2.18. The topological polar surface area (TPSA) is 153 Å². The first-order valence-electron chi connectivity index (χ1n) is 8.96. The Bertz CT molecular complexity index is 1080. The van der Waals surface area contributed by atoms with E-state index in [4.69, 9.17) is 10.9 Å². The second-order valence-corrected chi connectivity index (χ2v) is 9.49. The van der Waals surface area contributed by atoms with Gasteiger partial charge in [0.05, 0.1) is 29.2 Å². The molecule has 0 spiro atoms. The molecule has 1 aliphatic heterocycles. The number of benzene rings is 1. The molecule has 156 valence electrons. The standard InChI is InChI=1S/C18H24N6O4S/c1-18(2,3)21-16(25)14-13-10-23(17(19)26)7-8-24(13)22-15(14)11-5-4-6-12(9-11)29(20,27)28/h4-6,9H,7-8,10H2,1-3H3,(H2,19,26)(H,21,25)(H2,20,27,28). The molecule has 0 saturated carbocycles. The average Bonchev–Trinajstić information content (AvgIpc) is 2.98. The van der Waals surface area contributed by atoms with Crippen LogP contribution in [0.4, 0.5) is 4.79 Å². The number of carbonyl (C=O) groups excluding carboxylic acids is 2. The molecule has 0 bridgehead atoms. The molecule has 3 amide bonds. The summed E-state index contributed by atoms with van der Waals surface area (Å²) >= 11 is 0. The van der Waals surface area contributed by atoms with E-state index < -0.39 is 21.6 Å². The van der Waals surface area contributed by atoms with Gasteiger partial charge in [0.25, 0.3) is 5.91 Å². The number of nitrogens with zero attached hydrogens (tertiary/aromatic N) is 3. The molecular weight excluding hydrogens is 396 g/mol. The number of hydrogen-bond acceptors (Lipinski definition) is 5. The van der Waals surface area contributed by atoms with Gasteiger partial charge in [-0.25, -0.2) is 18.4 Å². The van der Waals surface area contributed by atoms with Crippen LogP contribution in [0.2, 0.25) is 0 Å². The molecule has 5 N–H and O–H groups in total. The molecule has 2 heterocycles. The molecule has 0 saturated heterocycles. The maximum atomic E-state index is 13.1. The largest absolute Gasteiger partial charge is 0.351 e. The first kappa shape index (κ1) is 20.8. The molecule has 2 aromatic rings. The van der Waals surface area contributed by atoms with Crippen molar-refractivity contribution < 1.29 is 18.0 Å². The molecule has 11 heteroatoms. The summed E-state index contributed by atoms with van der Waals surface area (Å²) in [6.45, 7) is 6.39. The third-order valence-corrected chi connectivity index (χ3v) is 5.35. The van der Waals surface area contributed by atoms with E-state index in [9.17, 15) is 18.0 Å². The summed E-state index contributed by atoms with van der Waals surface area (Å²) in [4.78, 5) is 26.1. The van der Waals surface area contributed by atoms with Gasteiger partial charge >= 0.3 is 6.03 Å². The molecule has 29 heavy (non-hydrogen) atoms. The molecule has 0 fully saturated rings. The van der Waals surface area contributed by atoms with Crippen molar-refractivity contribution in [3.8, 4) is 11.3 Å². The Morgan fingerprint density at radius 1 is 1.21 bits per heavy atom. The van der Waals surface area contributed by atoms with Crippen LogP contribution in [0.1, 0.15) is 36.8 Å². The number of urea groups is 1. The summed E-state index contributed by atoms with van der Waals surface area (Å²) in [5.41, 5.74) is 6.47. The quantitative estimate of drug-likeness (QED) is 0.664. The van der Waals surface area contributed by atoms with Crippen LogP contribution in [-0.2, 0) is 23.1 Å². The van der Waals surface area contributed by atoms with Crippen molar-refractivity contribution in [3.63, 3.8) is 0 Å². The Hall–Kier alpha value is -2.92. The minimum atomic E-state index is -3.92. The number of sulfonamides is 1. The van der Waals surface area contributed by atoms with E-state index in [-0.39, 0.29) is 22.9 Å². The number of primary amides is 1. The van der Waals surface area contributed by atoms with Crippen molar-refractivity contribution >= 4 is 22.0 Å². The van der Waals surface area contributed by atoms with E-state index in [1.807, 2.05) is 20.8 Å². The Kier molecular flexibility index (Phi) is 5.13. The van der Waals surface area contributed by atoms with Crippen molar-refractivity contribution in [3.05, 3.63) is 35.5 Å². The fourth-order valence-corrected chi connectivity index (χ4v) is 3.73. The minimum Gasteiger partial charge on any atom is -0.351 e. The van der Waals surface area contributed by atoms with E-state index in [1.165, 1.54) is 23.1 Å². The smallest absolute Gasteiger partial charge is 0.315 e. The number of primary sulfonamides is 1. The maximum absolute atomic E-state index is 13.1. The molecule has 0 radical (unpaired) electrons. The predicted octanol–water partition coefficient (Wildman–Crippen LogP) is 0.620. The minimum absolute atomic E-state index is 0.0816. The summed E-state index contributed by atoms with van der Waals surface area (Å²) in [5.74, 6) is -0.374. The number of nitrogens with two attached hydrogens (primary N) is 2. The molecule has 3 rings (SSSR count). The summed E-state index contributed by atoms with van der Waals surface area (Å²) in [6, 6.07) is 5.36. The fraction of sp³-hybridized carbons (Fsp3) is 0.389. The molecule has 1 aromatic carbocycles. The lowest BCUT2D eigenvalue weighted by molar-refractivity contribution is 0.0916. The highest BCUT2D eigenvalue weighted by atomic mass is 32.2. The lowest BCUT2D eigenvalue weighted by Gasteiger charge is -2.27. The van der Waals surface area contributed by atoms with Crippen LogP contribution >= 0.6 is 0 Å². The van der Waals surface area contributed by atoms with Gasteiger partial charge in [-0.15, -0.1) is 0 Å². The Morgan fingerprint density at radius 2 is 1.90 bits per heavy atom. The van der Waals surface area contributed by atoms with E-state index in [1.54, 1.807) is 10.7 Å². The third kappa shape index (κ3) is 4.40. The molecule has 1 aromatic heterocycles. The van der Waals surface area contributed by atoms with Crippen molar-refractivity contribution in [1.82, 2.24) is 20.0 Å². The normalized spacial score (nSPS) is 14.4. The first-order chi connectivity index (χ1) is 13.4. The van der Waals surface area contributed by atoms with Gasteiger partial charge in [-0.05, 0) is 32.9 Å². The number of rotatable bonds is 3. The summed E-state index contributed by atoms with van der Waals surface area (Å²) in [7, 11) is -3.92. The van der Waals surface area contributed by atoms with Crippen LogP contribution in [0.15, 0.2) is 29.2 Å². The number of aromatic nitrogens is 2. The van der Waals surface area contributed by atoms with Crippen LogP contribution in [0.5, 0.6) is 0 Å². The maximum Gasteiger partial charge on any atom is 0.315 e. The molecule has 0 unspecified atom stereocenters. The van der Waals surface area contributed by atoms with Crippen molar-refractivity contribution in [2.75, 3.05) is 6.54 Å². The van der Waals surface area contributed by atoms with Crippen LogP contribution < -0.4 is 16.2 Å². The number of hydrogen-bond donors (Lipinski definition) is 3. The van der Waals surface area contributed by atoms with Gasteiger partial charge in [0.2, 0.25) is 10.0 Å². The Morgan fingerprint density at radius 3 is 2.48 bits per heavy atom. The van der Waals surface area contributed by atoms with E-state index in [2.05, 4.69) is 10.4 Å². The van der Waals surface area contributed by atoms with Gasteiger partial charge in [-0.3, -0.25) is 9.48 Å². The zero-order valence-electron chi connectivity index (χ0n) is 16.5. The monoisotopic (exact) mass is 420 g/mol. The second-order valence-electron chi connectivity index (χ2n) is 7.93. The summed E-state index contributed by atoms with van der Waals surface area (Å²) < 4.78 is 25.1. The van der Waals surface area contributed by atoms with Gasteiger partial charge in [-0.2, -0.15) is 5.10 Å². The Labute approximate surface area is 168 Å². The van der Waals surface area contributed by atoms with Gasteiger partial charge in [-0.1, -0.05) is 12.1 Å². The lowest BCUT2D eigenvalue weighted by Crippen LogP contribution is -2.44. The van der Waals surface area contributed by atoms with Gasteiger partial charge in [0, 0.05) is 17.6 Å². The number of fused-ring (bicyclic) bond motifs is 1. The van der Waals surface area contributed by atoms with Gasteiger partial charge in [0.15, 0.2) is 0 Å². The van der Waals surface area contributed by atoms with Crippen LogP contribution in [0.3, 0.4) is 0 Å². The zero-order chi connectivity index (χ0) is 21.6.